The molecule has 0 atom stereocenters. The molecule has 0 bridgehead atoms. The summed E-state index contributed by atoms with van der Waals surface area (Å²) in [6, 6.07) is 14.8. The second kappa shape index (κ2) is 8.24. The van der Waals surface area contributed by atoms with Crippen LogP contribution >= 0.6 is 23.4 Å². The minimum Gasteiger partial charge on any atom is -0.421 e. The summed E-state index contributed by atoms with van der Waals surface area (Å²) in [6.45, 7) is 0. The number of fused-ring (bicyclic) bond motifs is 1. The molecule has 2 aliphatic rings. The van der Waals surface area contributed by atoms with Crippen molar-refractivity contribution < 1.29 is 8.98 Å². The molecule has 1 aromatic heterocycles. The van der Waals surface area contributed by atoms with Crippen molar-refractivity contribution in [3.05, 3.63) is 42.5 Å². The molecule has 1 heterocycles. The minimum atomic E-state index is 0.0851. The molecular weight excluding hydrogens is 402 g/mol. The monoisotopic (exact) mass is 425 g/mol. The number of carbonyl (C=O) groups excluding carboxylic acids is 1. The number of thiazole rings is 1. The van der Waals surface area contributed by atoms with E-state index < -0.39 is 0 Å². The smallest absolute Gasteiger partial charge is 0.229 e. The Morgan fingerprint density at radius 3 is 2.62 bits per heavy atom. The van der Waals surface area contributed by atoms with Gasteiger partial charge in [0.1, 0.15) is 5.75 Å². The Kier molecular flexibility index (Phi) is 5.33. The van der Waals surface area contributed by atoms with Crippen LogP contribution in [0.1, 0.15) is 38.5 Å². The van der Waals surface area contributed by atoms with Crippen molar-refractivity contribution in [2.45, 2.75) is 49.5 Å². The van der Waals surface area contributed by atoms with Crippen LogP contribution in [0.25, 0.3) is 10.2 Å². The van der Waals surface area contributed by atoms with Crippen molar-refractivity contribution in [2.75, 3.05) is 10.6 Å². The van der Waals surface area contributed by atoms with Gasteiger partial charge in [-0.2, -0.15) is 0 Å². The fraction of sp³-hybridized carbons (Fsp3) is 0.364. The van der Waals surface area contributed by atoms with Gasteiger partial charge >= 0.3 is 0 Å². The number of aromatic nitrogens is 1. The molecule has 3 aromatic rings. The number of nitrogens with one attached hydrogen (secondary N) is 2. The van der Waals surface area contributed by atoms with E-state index in [9.17, 15) is 4.79 Å². The number of benzene rings is 2. The molecule has 7 heteroatoms. The van der Waals surface area contributed by atoms with E-state index >= 15 is 0 Å². The predicted molar refractivity (Wildman–Crippen MR) is 120 cm³/mol. The van der Waals surface area contributed by atoms with Gasteiger partial charge in [0.25, 0.3) is 0 Å². The summed E-state index contributed by atoms with van der Waals surface area (Å²) in [5.74, 6) is 1.04. The summed E-state index contributed by atoms with van der Waals surface area (Å²) in [7, 11) is 0. The lowest BCUT2D eigenvalue weighted by molar-refractivity contribution is -0.117. The summed E-state index contributed by atoms with van der Waals surface area (Å²) in [4.78, 5) is 17.5. The van der Waals surface area contributed by atoms with E-state index in [4.69, 9.17) is 4.18 Å². The van der Waals surface area contributed by atoms with Crippen LogP contribution in [0, 0.1) is 5.92 Å². The average Bonchev–Trinajstić information content (AvgIpc) is 3.32. The third-order valence-electron chi connectivity index (χ3n) is 5.35. The van der Waals surface area contributed by atoms with Crippen LogP contribution in [0.3, 0.4) is 0 Å². The molecule has 150 valence electrons. The Morgan fingerprint density at radius 2 is 1.86 bits per heavy atom. The van der Waals surface area contributed by atoms with Gasteiger partial charge in [-0.15, -0.1) is 0 Å². The Hall–Kier alpha value is -2.25. The number of hydrogen-bond donors (Lipinski definition) is 2. The van der Waals surface area contributed by atoms with Crippen LogP contribution in [0.2, 0.25) is 0 Å². The first-order chi connectivity index (χ1) is 14.2. The third kappa shape index (κ3) is 4.67. The van der Waals surface area contributed by atoms with Crippen LogP contribution in [-0.2, 0) is 4.79 Å². The lowest BCUT2D eigenvalue weighted by Gasteiger charge is -2.13. The highest BCUT2D eigenvalue weighted by molar-refractivity contribution is 7.95. The Bertz CT molecular complexity index is 1010. The number of amides is 1. The number of carbonyl (C=O) groups is 1. The highest BCUT2D eigenvalue weighted by atomic mass is 32.2. The van der Waals surface area contributed by atoms with Crippen LogP contribution in [0.5, 0.6) is 5.75 Å². The Labute approximate surface area is 178 Å². The number of rotatable bonds is 7. The molecule has 5 rings (SSSR count). The zero-order valence-corrected chi connectivity index (χ0v) is 17.7. The molecule has 2 aromatic carbocycles. The summed E-state index contributed by atoms with van der Waals surface area (Å²) >= 11 is 2.83. The van der Waals surface area contributed by atoms with Crippen LogP contribution in [-0.4, -0.2) is 16.9 Å². The molecule has 29 heavy (non-hydrogen) atoms. The van der Waals surface area contributed by atoms with Gasteiger partial charge in [0, 0.05) is 28.6 Å². The van der Waals surface area contributed by atoms with E-state index in [1.54, 1.807) is 0 Å². The highest BCUT2D eigenvalue weighted by Gasteiger charge is 2.30. The zero-order chi connectivity index (χ0) is 19.6. The first-order valence-electron chi connectivity index (χ1n) is 10.2. The van der Waals surface area contributed by atoms with Crippen molar-refractivity contribution >= 4 is 50.3 Å². The molecular formula is C22H23N3O2S2. The minimum absolute atomic E-state index is 0.0851. The number of hydrogen-bond acceptors (Lipinski definition) is 6. The molecule has 0 aliphatic heterocycles. The maximum Gasteiger partial charge on any atom is 0.229 e. The molecule has 2 saturated carbocycles. The zero-order valence-electron chi connectivity index (χ0n) is 16.0. The van der Waals surface area contributed by atoms with E-state index in [-0.39, 0.29) is 11.8 Å². The standard InChI is InChI=1S/C22H23N3O2S2/c26-21(14-5-6-14)25-22-24-19-12-9-17(13-20(19)28-22)27-29-18-10-7-16(8-11-18)23-15-3-1-2-4-15/h7-15,23H,1-6H2,(H,24,25,26). The van der Waals surface area contributed by atoms with Crippen LogP contribution in [0.4, 0.5) is 10.8 Å². The quantitative estimate of drug-likeness (QED) is 0.449. The molecule has 1 amide bonds. The Morgan fingerprint density at radius 1 is 1.07 bits per heavy atom. The van der Waals surface area contributed by atoms with Gasteiger partial charge in [-0.3, -0.25) is 4.79 Å². The van der Waals surface area contributed by atoms with Gasteiger partial charge < -0.3 is 14.8 Å². The lowest BCUT2D eigenvalue weighted by Crippen LogP contribution is -2.14. The SMILES string of the molecule is O=C(Nc1nc2ccc(OSc3ccc(NC4CCCC4)cc3)cc2s1)C1CC1. The highest BCUT2D eigenvalue weighted by Crippen LogP contribution is 2.34. The number of nitrogens with zero attached hydrogens (tertiary/aromatic N) is 1. The fourth-order valence-electron chi connectivity index (χ4n) is 3.57. The van der Waals surface area contributed by atoms with Gasteiger partial charge in [0.2, 0.25) is 5.91 Å². The summed E-state index contributed by atoms with van der Waals surface area (Å²) in [6.07, 6.45) is 7.18. The molecule has 2 fully saturated rings. The lowest BCUT2D eigenvalue weighted by atomic mass is 10.2. The molecule has 0 spiro atoms. The van der Waals surface area contributed by atoms with Crippen LogP contribution < -0.4 is 14.8 Å². The summed E-state index contributed by atoms with van der Waals surface area (Å²) < 4.78 is 6.90. The topological polar surface area (TPSA) is 63.2 Å². The van der Waals surface area contributed by atoms with Gasteiger partial charge in [0.05, 0.1) is 22.3 Å². The van der Waals surface area contributed by atoms with E-state index in [2.05, 4.69) is 39.9 Å². The van der Waals surface area contributed by atoms with E-state index in [1.165, 1.54) is 54.8 Å². The summed E-state index contributed by atoms with van der Waals surface area (Å²) in [5, 5.41) is 7.18. The molecule has 0 saturated heterocycles. The Balaban J connectivity index is 1.19. The first-order valence-corrected chi connectivity index (χ1v) is 11.7. The number of anilines is 2. The first kappa shape index (κ1) is 18.8. The molecule has 2 N–H and O–H groups in total. The fourth-order valence-corrected chi connectivity index (χ4v) is 5.01. The summed E-state index contributed by atoms with van der Waals surface area (Å²) in [5.41, 5.74) is 2.05. The van der Waals surface area contributed by atoms with Crippen molar-refractivity contribution in [2.24, 2.45) is 5.92 Å². The van der Waals surface area contributed by atoms with Gasteiger partial charge in [0.15, 0.2) is 5.13 Å². The molecule has 0 radical (unpaired) electrons. The third-order valence-corrected chi connectivity index (χ3v) is 7.03. The molecule has 2 aliphatic carbocycles. The maximum atomic E-state index is 11.9. The van der Waals surface area contributed by atoms with Gasteiger partial charge in [-0.25, -0.2) is 4.98 Å². The molecule has 5 nitrogen and oxygen atoms in total. The van der Waals surface area contributed by atoms with Crippen molar-refractivity contribution in [3.63, 3.8) is 0 Å². The van der Waals surface area contributed by atoms with Gasteiger partial charge in [-0.05, 0) is 62.1 Å². The normalized spacial score (nSPS) is 16.8. The second-order valence-corrected chi connectivity index (χ2v) is 9.56. The van der Waals surface area contributed by atoms with Gasteiger partial charge in [-0.1, -0.05) is 24.2 Å². The second-order valence-electron chi connectivity index (χ2n) is 7.73. The van der Waals surface area contributed by atoms with E-state index in [0.29, 0.717) is 11.2 Å². The van der Waals surface area contributed by atoms with E-state index in [0.717, 1.165) is 33.7 Å². The van der Waals surface area contributed by atoms with Crippen LogP contribution in [0.15, 0.2) is 47.4 Å². The predicted octanol–water partition coefficient (Wildman–Crippen LogP) is 6.09. The van der Waals surface area contributed by atoms with E-state index in [1.807, 2.05) is 18.2 Å². The van der Waals surface area contributed by atoms with Crippen molar-refractivity contribution in [3.8, 4) is 5.75 Å². The van der Waals surface area contributed by atoms with Crippen molar-refractivity contribution in [1.82, 2.24) is 4.98 Å². The average molecular weight is 426 g/mol. The van der Waals surface area contributed by atoms with Crippen molar-refractivity contribution in [1.29, 1.82) is 0 Å². The largest absolute Gasteiger partial charge is 0.421 e. The maximum absolute atomic E-state index is 11.9. The molecule has 0 unspecified atom stereocenters.